The maximum absolute atomic E-state index is 4.54. The van der Waals surface area contributed by atoms with Gasteiger partial charge < -0.3 is 0 Å². The SMILES string of the molecule is CCCCCCC(C)(CCCCC)c1c(Br)nn(C)c1Br. The van der Waals surface area contributed by atoms with Crippen LogP contribution < -0.4 is 0 Å². The highest BCUT2D eigenvalue weighted by Gasteiger charge is 2.32. The van der Waals surface area contributed by atoms with Gasteiger partial charge in [0.2, 0.25) is 0 Å². The van der Waals surface area contributed by atoms with E-state index in [1.165, 1.54) is 63.4 Å². The van der Waals surface area contributed by atoms with Gasteiger partial charge in [0.1, 0.15) is 9.21 Å². The summed E-state index contributed by atoms with van der Waals surface area (Å²) in [6.45, 7) is 6.96. The molecule has 2 nitrogen and oxygen atoms in total. The predicted molar refractivity (Wildman–Crippen MR) is 98.9 cm³/mol. The largest absolute Gasteiger partial charge is 0.260 e. The molecule has 0 bridgehead atoms. The Morgan fingerprint density at radius 2 is 1.48 bits per heavy atom. The van der Waals surface area contributed by atoms with Crippen LogP contribution in [0, 0.1) is 0 Å². The second-order valence-corrected chi connectivity index (χ2v) is 7.91. The van der Waals surface area contributed by atoms with E-state index in [0.717, 1.165) is 9.21 Å². The minimum absolute atomic E-state index is 0.217. The van der Waals surface area contributed by atoms with Crippen LogP contribution in [0.1, 0.15) is 84.1 Å². The van der Waals surface area contributed by atoms with Crippen LogP contribution in [0.25, 0.3) is 0 Å². The highest BCUT2D eigenvalue weighted by atomic mass is 79.9. The third-order valence-corrected chi connectivity index (χ3v) is 5.92. The van der Waals surface area contributed by atoms with Crippen molar-refractivity contribution in [2.75, 3.05) is 0 Å². The fourth-order valence-electron chi connectivity index (χ4n) is 3.05. The summed E-state index contributed by atoms with van der Waals surface area (Å²) in [6.07, 6.45) is 11.7. The summed E-state index contributed by atoms with van der Waals surface area (Å²) in [5.41, 5.74) is 1.58. The lowest BCUT2D eigenvalue weighted by atomic mass is 9.75. The van der Waals surface area contributed by atoms with Crippen molar-refractivity contribution in [3.63, 3.8) is 0 Å². The van der Waals surface area contributed by atoms with E-state index >= 15 is 0 Å². The molecule has 1 rings (SSSR count). The molecule has 0 aromatic carbocycles. The first-order valence-electron chi connectivity index (χ1n) is 8.34. The standard InChI is InChI=1S/C17H30Br2N2/c1-5-7-9-11-13-17(3,12-10-8-6-2)14-15(18)20-21(4)16(14)19/h5-13H2,1-4H3. The summed E-state index contributed by atoms with van der Waals surface area (Å²) in [4.78, 5) is 0. The van der Waals surface area contributed by atoms with Crippen LogP contribution in [0.4, 0.5) is 0 Å². The molecule has 0 aliphatic heterocycles. The Kier molecular flexibility index (Phi) is 8.55. The van der Waals surface area contributed by atoms with Gasteiger partial charge >= 0.3 is 0 Å². The highest BCUT2D eigenvalue weighted by Crippen LogP contribution is 2.42. The molecule has 0 saturated heterocycles. The van der Waals surface area contributed by atoms with Crippen LogP contribution in [0.3, 0.4) is 0 Å². The Bertz CT molecular complexity index is 429. The van der Waals surface area contributed by atoms with E-state index in [2.05, 4.69) is 57.7 Å². The van der Waals surface area contributed by atoms with Crippen LogP contribution >= 0.6 is 31.9 Å². The molecule has 122 valence electrons. The molecule has 0 radical (unpaired) electrons. The zero-order valence-electron chi connectivity index (χ0n) is 14.0. The van der Waals surface area contributed by atoms with E-state index in [9.17, 15) is 0 Å². The van der Waals surface area contributed by atoms with Crippen molar-refractivity contribution in [1.29, 1.82) is 0 Å². The third-order valence-electron chi connectivity index (χ3n) is 4.45. The molecule has 4 heteroatoms. The summed E-state index contributed by atoms with van der Waals surface area (Å²) in [7, 11) is 2.00. The molecule has 1 atom stereocenters. The average Bonchev–Trinajstić information content (AvgIpc) is 2.69. The third kappa shape index (κ3) is 5.38. The van der Waals surface area contributed by atoms with Crippen LogP contribution in [0.2, 0.25) is 0 Å². The van der Waals surface area contributed by atoms with Crippen molar-refractivity contribution in [2.45, 2.75) is 84.0 Å². The molecule has 0 fully saturated rings. The summed E-state index contributed by atoms with van der Waals surface area (Å²) in [5, 5.41) is 4.54. The lowest BCUT2D eigenvalue weighted by Gasteiger charge is -2.30. The summed E-state index contributed by atoms with van der Waals surface area (Å²) < 4.78 is 4.07. The highest BCUT2D eigenvalue weighted by molar-refractivity contribution is 9.11. The number of nitrogens with zero attached hydrogens (tertiary/aromatic N) is 2. The second kappa shape index (κ2) is 9.34. The normalized spacial score (nSPS) is 14.4. The zero-order valence-corrected chi connectivity index (χ0v) is 17.2. The Morgan fingerprint density at radius 1 is 0.952 bits per heavy atom. The van der Waals surface area contributed by atoms with Gasteiger partial charge in [0.05, 0.1) is 0 Å². The van der Waals surface area contributed by atoms with Gasteiger partial charge in [-0.15, -0.1) is 0 Å². The topological polar surface area (TPSA) is 17.8 Å². The molecule has 21 heavy (non-hydrogen) atoms. The molecular weight excluding hydrogens is 392 g/mol. The molecule has 0 spiro atoms. The smallest absolute Gasteiger partial charge is 0.133 e. The molecule has 1 heterocycles. The molecule has 0 aliphatic rings. The van der Waals surface area contributed by atoms with E-state index in [1.807, 2.05) is 11.7 Å². The fourth-order valence-corrected chi connectivity index (χ4v) is 4.97. The number of hydrogen-bond acceptors (Lipinski definition) is 1. The molecule has 1 aromatic rings. The molecule has 1 unspecified atom stereocenters. The number of aromatic nitrogens is 2. The van der Waals surface area contributed by atoms with E-state index < -0.39 is 0 Å². The average molecular weight is 422 g/mol. The number of unbranched alkanes of at least 4 members (excludes halogenated alkanes) is 5. The minimum atomic E-state index is 0.217. The quantitative estimate of drug-likeness (QED) is 0.381. The van der Waals surface area contributed by atoms with Crippen molar-refractivity contribution in [2.24, 2.45) is 7.05 Å². The van der Waals surface area contributed by atoms with Crippen molar-refractivity contribution in [3.05, 3.63) is 14.8 Å². The first-order chi connectivity index (χ1) is 9.96. The lowest BCUT2D eigenvalue weighted by Crippen LogP contribution is -2.23. The number of halogens is 2. The van der Waals surface area contributed by atoms with Crippen molar-refractivity contribution >= 4 is 31.9 Å². The molecule has 0 amide bonds. The van der Waals surface area contributed by atoms with Gasteiger partial charge in [-0.1, -0.05) is 65.7 Å². The lowest BCUT2D eigenvalue weighted by molar-refractivity contribution is 0.362. The van der Waals surface area contributed by atoms with Crippen molar-refractivity contribution in [3.8, 4) is 0 Å². The molecule has 0 aliphatic carbocycles. The van der Waals surface area contributed by atoms with Crippen LogP contribution in [0.15, 0.2) is 9.21 Å². The van der Waals surface area contributed by atoms with Gasteiger partial charge in [-0.3, -0.25) is 4.68 Å². The summed E-state index contributed by atoms with van der Waals surface area (Å²) in [6, 6.07) is 0. The van der Waals surface area contributed by atoms with Gasteiger partial charge in [0.25, 0.3) is 0 Å². The Morgan fingerprint density at radius 3 is 1.95 bits per heavy atom. The first kappa shape index (κ1) is 19.2. The van der Waals surface area contributed by atoms with E-state index in [1.54, 1.807) is 0 Å². The van der Waals surface area contributed by atoms with Gasteiger partial charge in [-0.2, -0.15) is 5.10 Å². The van der Waals surface area contributed by atoms with Crippen LogP contribution in [-0.2, 0) is 12.5 Å². The molecule has 0 saturated carbocycles. The van der Waals surface area contributed by atoms with Gasteiger partial charge in [0, 0.05) is 12.6 Å². The maximum Gasteiger partial charge on any atom is 0.133 e. The minimum Gasteiger partial charge on any atom is -0.260 e. The number of hydrogen-bond donors (Lipinski definition) is 0. The maximum atomic E-state index is 4.54. The number of rotatable bonds is 10. The molecule has 1 aromatic heterocycles. The first-order valence-corrected chi connectivity index (χ1v) is 9.93. The van der Waals surface area contributed by atoms with Gasteiger partial charge in [-0.25, -0.2) is 0 Å². The monoisotopic (exact) mass is 420 g/mol. The second-order valence-electron chi connectivity index (χ2n) is 6.41. The molecule has 0 N–H and O–H groups in total. The summed E-state index contributed by atoms with van der Waals surface area (Å²) >= 11 is 7.41. The van der Waals surface area contributed by atoms with Gasteiger partial charge in [0.15, 0.2) is 0 Å². The Balaban J connectivity index is 2.88. The predicted octanol–water partition coefficient (Wildman–Crippen LogP) is 6.75. The molecular formula is C17H30Br2N2. The van der Waals surface area contributed by atoms with E-state index in [4.69, 9.17) is 0 Å². The van der Waals surface area contributed by atoms with E-state index in [0.29, 0.717) is 0 Å². The zero-order chi connectivity index (χ0) is 15.9. The number of aryl methyl sites for hydroxylation is 1. The van der Waals surface area contributed by atoms with Crippen LogP contribution in [0.5, 0.6) is 0 Å². The summed E-state index contributed by atoms with van der Waals surface area (Å²) in [5.74, 6) is 0. The van der Waals surface area contributed by atoms with Crippen LogP contribution in [-0.4, -0.2) is 9.78 Å². The van der Waals surface area contributed by atoms with Gasteiger partial charge in [-0.05, 0) is 50.1 Å². The Hall–Kier alpha value is 0.170. The van der Waals surface area contributed by atoms with E-state index in [-0.39, 0.29) is 5.41 Å². The van der Waals surface area contributed by atoms with Crippen molar-refractivity contribution in [1.82, 2.24) is 9.78 Å². The fraction of sp³-hybridized carbons (Fsp3) is 0.824. The van der Waals surface area contributed by atoms with Crippen molar-refractivity contribution < 1.29 is 0 Å². The Labute approximate surface area is 147 Å².